The van der Waals surface area contributed by atoms with Gasteiger partial charge in [0.25, 0.3) is 0 Å². The maximum absolute atomic E-state index is 11.9. The molecular weight excluding hydrogens is 340 g/mol. The van der Waals surface area contributed by atoms with Crippen molar-refractivity contribution in [3.63, 3.8) is 0 Å². The molecule has 2 aromatic heterocycles. The molecule has 4 aromatic rings. The maximum Gasteiger partial charge on any atom is 0.195 e. The molecule has 3 nitrogen and oxygen atoms in total. The molecular formula is C22H20N2OS. The highest BCUT2D eigenvalue weighted by molar-refractivity contribution is 7.15. The molecule has 0 amide bonds. The van der Waals surface area contributed by atoms with Gasteiger partial charge in [0.2, 0.25) is 0 Å². The van der Waals surface area contributed by atoms with Gasteiger partial charge in [0, 0.05) is 10.9 Å². The first-order chi connectivity index (χ1) is 12.6. The van der Waals surface area contributed by atoms with E-state index >= 15 is 0 Å². The second kappa shape index (κ2) is 6.54. The third-order valence-electron chi connectivity index (χ3n) is 4.95. The van der Waals surface area contributed by atoms with Crippen LogP contribution in [-0.2, 0) is 6.42 Å². The molecule has 2 aromatic carbocycles. The molecule has 4 heteroatoms. The Kier molecular flexibility index (Phi) is 4.21. The Labute approximate surface area is 157 Å². The number of fused-ring (bicyclic) bond motifs is 1. The summed E-state index contributed by atoms with van der Waals surface area (Å²) in [5.74, 6) is 0. The SMILES string of the molecule is CCc1ccc(-c2nc3scc(-c4ccc(C)c(C)c4)n3c2C=O)cc1. The Morgan fingerprint density at radius 1 is 1.04 bits per heavy atom. The van der Waals surface area contributed by atoms with Crippen molar-refractivity contribution in [2.75, 3.05) is 0 Å². The van der Waals surface area contributed by atoms with E-state index in [1.807, 2.05) is 16.5 Å². The number of nitrogens with zero attached hydrogens (tertiary/aromatic N) is 2. The topological polar surface area (TPSA) is 34.4 Å². The first-order valence-corrected chi connectivity index (χ1v) is 9.62. The average Bonchev–Trinajstić information content (AvgIpc) is 3.23. The molecule has 0 saturated carbocycles. The van der Waals surface area contributed by atoms with Crippen LogP contribution in [0.5, 0.6) is 0 Å². The third-order valence-corrected chi connectivity index (χ3v) is 5.77. The van der Waals surface area contributed by atoms with E-state index in [1.54, 1.807) is 11.3 Å². The average molecular weight is 360 g/mol. The largest absolute Gasteiger partial charge is 0.296 e. The van der Waals surface area contributed by atoms with Crippen LogP contribution in [-0.4, -0.2) is 15.7 Å². The van der Waals surface area contributed by atoms with Crippen LogP contribution in [0.2, 0.25) is 0 Å². The predicted octanol–water partition coefficient (Wildman–Crippen LogP) is 5.72. The van der Waals surface area contributed by atoms with E-state index in [1.165, 1.54) is 16.7 Å². The van der Waals surface area contributed by atoms with E-state index in [0.29, 0.717) is 5.69 Å². The van der Waals surface area contributed by atoms with E-state index in [4.69, 9.17) is 4.98 Å². The quantitative estimate of drug-likeness (QED) is 0.436. The van der Waals surface area contributed by atoms with Crippen molar-refractivity contribution >= 4 is 22.6 Å². The number of benzene rings is 2. The van der Waals surface area contributed by atoms with Crippen LogP contribution in [0.1, 0.15) is 34.1 Å². The standard InChI is InChI=1S/C22H20N2OS/c1-4-16-6-9-17(10-7-16)21-19(12-25)24-20(13-26-22(24)23-21)18-8-5-14(2)15(3)11-18/h5-13H,4H2,1-3H3. The number of aldehydes is 1. The van der Waals surface area contributed by atoms with Crippen molar-refractivity contribution < 1.29 is 4.79 Å². The lowest BCUT2D eigenvalue weighted by molar-refractivity contribution is 0.111. The van der Waals surface area contributed by atoms with Crippen molar-refractivity contribution in [3.05, 3.63) is 70.2 Å². The molecule has 26 heavy (non-hydrogen) atoms. The molecule has 0 unspecified atom stereocenters. The van der Waals surface area contributed by atoms with Gasteiger partial charge in [-0.1, -0.05) is 43.3 Å². The van der Waals surface area contributed by atoms with Crippen molar-refractivity contribution in [3.8, 4) is 22.5 Å². The summed E-state index contributed by atoms with van der Waals surface area (Å²) in [6.45, 7) is 6.35. The summed E-state index contributed by atoms with van der Waals surface area (Å²) in [4.78, 5) is 17.5. The van der Waals surface area contributed by atoms with Crippen LogP contribution in [0.3, 0.4) is 0 Å². The normalized spacial score (nSPS) is 11.2. The lowest BCUT2D eigenvalue weighted by Crippen LogP contribution is -1.95. The zero-order valence-corrected chi connectivity index (χ0v) is 15.9. The van der Waals surface area contributed by atoms with Crippen LogP contribution in [0.25, 0.3) is 27.5 Å². The summed E-state index contributed by atoms with van der Waals surface area (Å²) in [5.41, 5.74) is 8.23. The van der Waals surface area contributed by atoms with Gasteiger partial charge in [0.05, 0.1) is 5.69 Å². The minimum absolute atomic E-state index is 0.610. The van der Waals surface area contributed by atoms with Gasteiger partial charge in [0.1, 0.15) is 11.4 Å². The number of aromatic nitrogens is 2. The van der Waals surface area contributed by atoms with Crippen molar-refractivity contribution in [2.45, 2.75) is 27.2 Å². The van der Waals surface area contributed by atoms with E-state index < -0.39 is 0 Å². The fourth-order valence-electron chi connectivity index (χ4n) is 3.20. The first-order valence-electron chi connectivity index (χ1n) is 8.74. The Morgan fingerprint density at radius 2 is 1.77 bits per heavy atom. The van der Waals surface area contributed by atoms with Crippen LogP contribution in [0, 0.1) is 13.8 Å². The van der Waals surface area contributed by atoms with Gasteiger partial charge in [-0.2, -0.15) is 0 Å². The summed E-state index contributed by atoms with van der Waals surface area (Å²) in [7, 11) is 0. The lowest BCUT2D eigenvalue weighted by atomic mass is 10.0. The summed E-state index contributed by atoms with van der Waals surface area (Å²) < 4.78 is 1.98. The molecule has 4 rings (SSSR count). The van der Waals surface area contributed by atoms with Gasteiger partial charge in [-0.25, -0.2) is 4.98 Å². The minimum atomic E-state index is 0.610. The van der Waals surface area contributed by atoms with Crippen molar-refractivity contribution in [1.82, 2.24) is 9.38 Å². The Morgan fingerprint density at radius 3 is 2.42 bits per heavy atom. The van der Waals surface area contributed by atoms with Gasteiger partial charge in [-0.15, -0.1) is 11.3 Å². The van der Waals surface area contributed by atoms with Crippen LogP contribution >= 0.6 is 11.3 Å². The zero-order chi connectivity index (χ0) is 18.3. The molecule has 130 valence electrons. The smallest absolute Gasteiger partial charge is 0.195 e. The molecule has 0 radical (unpaired) electrons. The summed E-state index contributed by atoms with van der Waals surface area (Å²) in [6, 6.07) is 14.7. The number of carbonyl (C=O) groups excluding carboxylic acids is 1. The molecule has 0 aliphatic carbocycles. The fourth-order valence-corrected chi connectivity index (χ4v) is 4.11. The summed E-state index contributed by atoms with van der Waals surface area (Å²) >= 11 is 1.56. The van der Waals surface area contributed by atoms with Crippen LogP contribution < -0.4 is 0 Å². The fraction of sp³-hybridized carbons (Fsp3) is 0.182. The van der Waals surface area contributed by atoms with E-state index in [0.717, 1.165) is 40.2 Å². The van der Waals surface area contributed by atoms with Crippen molar-refractivity contribution in [2.24, 2.45) is 0 Å². The monoisotopic (exact) mass is 360 g/mol. The van der Waals surface area contributed by atoms with Gasteiger partial charge in [-0.3, -0.25) is 9.20 Å². The molecule has 0 N–H and O–H groups in total. The van der Waals surface area contributed by atoms with Gasteiger partial charge >= 0.3 is 0 Å². The number of carbonyl (C=O) groups is 1. The molecule has 0 fully saturated rings. The van der Waals surface area contributed by atoms with Gasteiger partial charge in [-0.05, 0) is 48.6 Å². The molecule has 0 atom stereocenters. The number of hydrogen-bond donors (Lipinski definition) is 0. The second-order valence-electron chi connectivity index (χ2n) is 6.55. The molecule has 0 saturated heterocycles. The summed E-state index contributed by atoms with van der Waals surface area (Å²) in [6.07, 6.45) is 1.91. The first kappa shape index (κ1) is 16.7. The number of hydrogen-bond acceptors (Lipinski definition) is 3. The Bertz CT molecular complexity index is 1100. The highest BCUT2D eigenvalue weighted by Crippen LogP contribution is 2.33. The van der Waals surface area contributed by atoms with E-state index in [9.17, 15) is 4.79 Å². The molecule has 2 heterocycles. The van der Waals surface area contributed by atoms with Gasteiger partial charge in [0.15, 0.2) is 11.2 Å². The number of imidazole rings is 1. The predicted molar refractivity (Wildman–Crippen MR) is 108 cm³/mol. The molecule has 0 aliphatic rings. The van der Waals surface area contributed by atoms with Gasteiger partial charge < -0.3 is 0 Å². The Hall–Kier alpha value is -2.72. The number of rotatable bonds is 4. The minimum Gasteiger partial charge on any atom is -0.296 e. The molecule has 0 bridgehead atoms. The van der Waals surface area contributed by atoms with Crippen LogP contribution in [0.15, 0.2) is 47.8 Å². The number of thiazole rings is 1. The summed E-state index contributed by atoms with van der Waals surface area (Å²) in [5, 5.41) is 2.07. The number of aryl methyl sites for hydroxylation is 3. The Balaban J connectivity index is 1.90. The highest BCUT2D eigenvalue weighted by Gasteiger charge is 2.18. The van der Waals surface area contributed by atoms with E-state index in [2.05, 4.69) is 56.5 Å². The molecule has 0 spiro atoms. The zero-order valence-electron chi connectivity index (χ0n) is 15.1. The third kappa shape index (κ3) is 2.67. The van der Waals surface area contributed by atoms with Crippen molar-refractivity contribution in [1.29, 1.82) is 0 Å². The van der Waals surface area contributed by atoms with E-state index in [-0.39, 0.29) is 0 Å². The maximum atomic E-state index is 11.9. The second-order valence-corrected chi connectivity index (χ2v) is 7.39. The lowest BCUT2D eigenvalue weighted by Gasteiger charge is -2.06. The highest BCUT2D eigenvalue weighted by atomic mass is 32.1. The molecule has 0 aliphatic heterocycles. The van der Waals surface area contributed by atoms with Crippen LogP contribution in [0.4, 0.5) is 0 Å².